The van der Waals surface area contributed by atoms with E-state index in [1.165, 1.54) is 12.5 Å². The van der Waals surface area contributed by atoms with E-state index in [-0.39, 0.29) is 17.7 Å². The zero-order valence-electron chi connectivity index (χ0n) is 9.44. The molecule has 1 saturated heterocycles. The van der Waals surface area contributed by atoms with Gasteiger partial charge in [-0.1, -0.05) is 6.92 Å². The maximum atomic E-state index is 12.1. The number of rotatable bonds is 5. The van der Waals surface area contributed by atoms with Crippen LogP contribution in [0.1, 0.15) is 23.7 Å². The fourth-order valence-corrected chi connectivity index (χ4v) is 1.96. The monoisotopic (exact) mass is 223 g/mol. The molecule has 2 heterocycles. The lowest BCUT2D eigenvalue weighted by Gasteiger charge is -2.16. The highest BCUT2D eigenvalue weighted by atomic mass is 16.5. The molecule has 2 unspecified atom stereocenters. The summed E-state index contributed by atoms with van der Waals surface area (Å²) in [6.07, 6.45) is 4.08. The van der Waals surface area contributed by atoms with Gasteiger partial charge in [0.2, 0.25) is 0 Å². The van der Waals surface area contributed by atoms with Crippen LogP contribution in [0.25, 0.3) is 0 Å². The summed E-state index contributed by atoms with van der Waals surface area (Å²) in [5.41, 5.74) is 0.638. The summed E-state index contributed by atoms with van der Waals surface area (Å²) < 4.78 is 10.3. The molecule has 0 spiro atoms. The van der Waals surface area contributed by atoms with Crippen LogP contribution < -0.4 is 5.32 Å². The minimum Gasteiger partial charge on any atom is -0.472 e. The highest BCUT2D eigenvalue weighted by Gasteiger charge is 2.34. The third-order valence-electron chi connectivity index (χ3n) is 2.88. The number of nitrogens with one attached hydrogen (secondary N) is 1. The van der Waals surface area contributed by atoms with Crippen LogP contribution in [0, 0.1) is 5.92 Å². The van der Waals surface area contributed by atoms with Crippen molar-refractivity contribution in [1.82, 2.24) is 5.32 Å². The molecule has 1 aliphatic heterocycles. The third-order valence-corrected chi connectivity index (χ3v) is 2.88. The molecule has 2 atom stereocenters. The van der Waals surface area contributed by atoms with E-state index in [1.807, 2.05) is 0 Å². The van der Waals surface area contributed by atoms with Gasteiger partial charge in [-0.15, -0.1) is 0 Å². The van der Waals surface area contributed by atoms with Crippen molar-refractivity contribution in [1.29, 1.82) is 0 Å². The first-order valence-electron chi connectivity index (χ1n) is 5.70. The van der Waals surface area contributed by atoms with Gasteiger partial charge in [-0.2, -0.15) is 0 Å². The van der Waals surface area contributed by atoms with Crippen molar-refractivity contribution in [2.75, 3.05) is 19.8 Å². The van der Waals surface area contributed by atoms with Gasteiger partial charge in [-0.25, -0.2) is 0 Å². The van der Waals surface area contributed by atoms with Gasteiger partial charge in [0, 0.05) is 6.04 Å². The fraction of sp³-hybridized carbons (Fsp3) is 0.583. The standard InChI is InChI=1S/C12H17NO3/c1-2-4-13-11-8-16-7-10(11)12(14)9-3-5-15-6-9/h3,5-6,10-11,13H,2,4,7-8H2,1H3. The lowest BCUT2D eigenvalue weighted by molar-refractivity contribution is 0.0891. The molecule has 4 heteroatoms. The summed E-state index contributed by atoms with van der Waals surface area (Å²) >= 11 is 0. The Bertz CT molecular complexity index is 334. The van der Waals surface area contributed by atoms with Crippen LogP contribution in [0.2, 0.25) is 0 Å². The zero-order chi connectivity index (χ0) is 11.4. The van der Waals surface area contributed by atoms with Crippen molar-refractivity contribution in [2.24, 2.45) is 5.92 Å². The Morgan fingerprint density at radius 1 is 1.56 bits per heavy atom. The van der Waals surface area contributed by atoms with Gasteiger partial charge in [-0.05, 0) is 19.0 Å². The van der Waals surface area contributed by atoms with Crippen LogP contribution in [0.15, 0.2) is 23.0 Å². The van der Waals surface area contributed by atoms with Gasteiger partial charge < -0.3 is 14.5 Å². The van der Waals surface area contributed by atoms with Crippen LogP contribution in [-0.2, 0) is 4.74 Å². The summed E-state index contributed by atoms with van der Waals surface area (Å²) in [5, 5.41) is 3.35. The number of carbonyl (C=O) groups excluding carboxylic acids is 1. The number of ketones is 1. The molecule has 1 aliphatic rings. The van der Waals surface area contributed by atoms with Crippen molar-refractivity contribution >= 4 is 5.78 Å². The van der Waals surface area contributed by atoms with E-state index in [1.54, 1.807) is 6.07 Å². The molecule has 0 aromatic carbocycles. The van der Waals surface area contributed by atoms with Gasteiger partial charge in [-0.3, -0.25) is 4.79 Å². The molecule has 0 aliphatic carbocycles. The zero-order valence-corrected chi connectivity index (χ0v) is 9.44. The Labute approximate surface area is 95.0 Å². The van der Waals surface area contributed by atoms with Crippen molar-refractivity contribution in [3.63, 3.8) is 0 Å². The van der Waals surface area contributed by atoms with Gasteiger partial charge in [0.05, 0.1) is 31.0 Å². The molecule has 1 aromatic heterocycles. The first-order chi connectivity index (χ1) is 7.83. The molecular weight excluding hydrogens is 206 g/mol. The molecule has 1 N–H and O–H groups in total. The second-order valence-corrected chi connectivity index (χ2v) is 4.08. The van der Waals surface area contributed by atoms with E-state index in [0.717, 1.165) is 13.0 Å². The Morgan fingerprint density at radius 3 is 3.12 bits per heavy atom. The summed E-state index contributed by atoms with van der Waals surface area (Å²) in [7, 11) is 0. The fourth-order valence-electron chi connectivity index (χ4n) is 1.96. The Balaban J connectivity index is 1.99. The summed E-state index contributed by atoms with van der Waals surface area (Å²) in [5.74, 6) is 0.0315. The highest BCUT2D eigenvalue weighted by molar-refractivity contribution is 5.98. The van der Waals surface area contributed by atoms with Gasteiger partial charge >= 0.3 is 0 Å². The highest BCUT2D eigenvalue weighted by Crippen LogP contribution is 2.19. The lowest BCUT2D eigenvalue weighted by atomic mass is 9.95. The molecule has 0 bridgehead atoms. The molecule has 2 rings (SSSR count). The second-order valence-electron chi connectivity index (χ2n) is 4.08. The van der Waals surface area contributed by atoms with Crippen LogP contribution in [0.3, 0.4) is 0 Å². The minimum atomic E-state index is -0.0795. The maximum absolute atomic E-state index is 12.1. The SMILES string of the molecule is CCCNC1COCC1C(=O)c1ccoc1. The predicted molar refractivity (Wildman–Crippen MR) is 59.4 cm³/mol. The van der Waals surface area contributed by atoms with E-state index in [9.17, 15) is 4.79 Å². The molecular formula is C12H17NO3. The van der Waals surface area contributed by atoms with Gasteiger partial charge in [0.15, 0.2) is 5.78 Å². The number of carbonyl (C=O) groups is 1. The second kappa shape index (κ2) is 5.27. The lowest BCUT2D eigenvalue weighted by Crippen LogP contribution is -2.39. The number of ether oxygens (including phenoxy) is 1. The van der Waals surface area contributed by atoms with Crippen molar-refractivity contribution in [3.05, 3.63) is 24.2 Å². The number of hydrogen-bond donors (Lipinski definition) is 1. The van der Waals surface area contributed by atoms with Gasteiger partial charge in [0.25, 0.3) is 0 Å². The molecule has 88 valence electrons. The minimum absolute atomic E-state index is 0.0795. The van der Waals surface area contributed by atoms with E-state index in [4.69, 9.17) is 9.15 Å². The first-order valence-corrected chi connectivity index (χ1v) is 5.70. The van der Waals surface area contributed by atoms with E-state index >= 15 is 0 Å². The number of furan rings is 1. The molecule has 0 radical (unpaired) electrons. The molecule has 0 amide bonds. The number of Topliss-reactive ketones (excluding diaryl/α,β-unsaturated/α-hetero) is 1. The smallest absolute Gasteiger partial charge is 0.173 e. The Morgan fingerprint density at radius 2 is 2.44 bits per heavy atom. The average Bonchev–Trinajstić information content (AvgIpc) is 2.96. The van der Waals surface area contributed by atoms with E-state index < -0.39 is 0 Å². The summed E-state index contributed by atoms with van der Waals surface area (Å²) in [6.45, 7) is 4.15. The van der Waals surface area contributed by atoms with E-state index in [2.05, 4.69) is 12.2 Å². The third kappa shape index (κ3) is 2.33. The quantitative estimate of drug-likeness (QED) is 0.768. The van der Waals surface area contributed by atoms with Crippen LogP contribution >= 0.6 is 0 Å². The molecule has 0 saturated carbocycles. The van der Waals surface area contributed by atoms with Crippen LogP contribution in [-0.4, -0.2) is 31.6 Å². The van der Waals surface area contributed by atoms with Crippen molar-refractivity contribution < 1.29 is 13.9 Å². The molecule has 4 nitrogen and oxygen atoms in total. The van der Waals surface area contributed by atoms with Crippen molar-refractivity contribution in [3.8, 4) is 0 Å². The van der Waals surface area contributed by atoms with Crippen molar-refractivity contribution in [2.45, 2.75) is 19.4 Å². The predicted octanol–water partition coefficient (Wildman–Crippen LogP) is 1.48. The summed E-state index contributed by atoms with van der Waals surface area (Å²) in [4.78, 5) is 12.1. The topological polar surface area (TPSA) is 51.5 Å². The first kappa shape index (κ1) is 11.4. The van der Waals surface area contributed by atoms with Gasteiger partial charge in [0.1, 0.15) is 6.26 Å². The number of hydrogen-bond acceptors (Lipinski definition) is 4. The molecule has 16 heavy (non-hydrogen) atoms. The Kier molecular flexibility index (Phi) is 3.74. The molecule has 1 aromatic rings. The van der Waals surface area contributed by atoms with Crippen LogP contribution in [0.5, 0.6) is 0 Å². The van der Waals surface area contributed by atoms with Crippen LogP contribution in [0.4, 0.5) is 0 Å². The maximum Gasteiger partial charge on any atom is 0.173 e. The summed E-state index contributed by atoms with van der Waals surface area (Å²) in [6, 6.07) is 1.85. The normalized spacial score (nSPS) is 24.8. The Hall–Kier alpha value is -1.13. The average molecular weight is 223 g/mol. The molecule has 1 fully saturated rings. The largest absolute Gasteiger partial charge is 0.472 e. The van der Waals surface area contributed by atoms with E-state index in [0.29, 0.717) is 18.8 Å².